The SMILES string of the molecule is Cc1[nH]nc(CCC(=O)NCc2ccc3c(c2)CCCO3)c1C. The molecule has 5 nitrogen and oxygen atoms in total. The van der Waals surface area contributed by atoms with Crippen LogP contribution in [0.5, 0.6) is 5.75 Å². The number of nitrogens with zero attached hydrogens (tertiary/aromatic N) is 1. The lowest BCUT2D eigenvalue weighted by molar-refractivity contribution is -0.121. The molecule has 1 amide bonds. The van der Waals surface area contributed by atoms with Gasteiger partial charge in [0.05, 0.1) is 12.3 Å². The highest BCUT2D eigenvalue weighted by atomic mass is 16.5. The Bertz CT molecular complexity index is 706. The zero-order valence-electron chi connectivity index (χ0n) is 13.7. The molecule has 0 bridgehead atoms. The molecule has 2 heterocycles. The van der Waals surface area contributed by atoms with Crippen LogP contribution in [0.2, 0.25) is 0 Å². The molecule has 1 aliphatic heterocycles. The summed E-state index contributed by atoms with van der Waals surface area (Å²) < 4.78 is 5.61. The van der Waals surface area contributed by atoms with E-state index in [-0.39, 0.29) is 5.91 Å². The standard InChI is InChI=1S/C18H23N3O2/c1-12-13(2)20-21-16(12)6-8-18(22)19-11-14-5-7-17-15(10-14)4-3-9-23-17/h5,7,10H,3-4,6,8-9,11H2,1-2H3,(H,19,22)(H,20,21). The van der Waals surface area contributed by atoms with Crippen LogP contribution in [-0.4, -0.2) is 22.7 Å². The van der Waals surface area contributed by atoms with Gasteiger partial charge in [0.1, 0.15) is 5.75 Å². The average Bonchev–Trinajstić information content (AvgIpc) is 2.89. The first-order chi connectivity index (χ1) is 11.1. The Morgan fingerprint density at radius 3 is 3.04 bits per heavy atom. The maximum atomic E-state index is 12.0. The van der Waals surface area contributed by atoms with Crippen LogP contribution in [0, 0.1) is 13.8 Å². The summed E-state index contributed by atoms with van der Waals surface area (Å²) in [6, 6.07) is 6.16. The Balaban J connectivity index is 1.50. The monoisotopic (exact) mass is 313 g/mol. The van der Waals surface area contributed by atoms with E-state index in [1.54, 1.807) is 0 Å². The summed E-state index contributed by atoms with van der Waals surface area (Å²) in [6.07, 6.45) is 3.24. The molecule has 122 valence electrons. The first-order valence-corrected chi connectivity index (χ1v) is 8.15. The van der Waals surface area contributed by atoms with Gasteiger partial charge in [-0.1, -0.05) is 12.1 Å². The van der Waals surface area contributed by atoms with Gasteiger partial charge in [0, 0.05) is 25.1 Å². The molecule has 5 heteroatoms. The molecule has 2 N–H and O–H groups in total. The highest BCUT2D eigenvalue weighted by Gasteiger charge is 2.11. The van der Waals surface area contributed by atoms with Crippen molar-refractivity contribution in [3.8, 4) is 5.75 Å². The Hall–Kier alpha value is -2.30. The quantitative estimate of drug-likeness (QED) is 0.891. The third-order valence-corrected chi connectivity index (χ3v) is 4.41. The van der Waals surface area contributed by atoms with Gasteiger partial charge in [-0.25, -0.2) is 0 Å². The summed E-state index contributed by atoms with van der Waals surface area (Å²) in [5, 5.41) is 10.2. The van der Waals surface area contributed by atoms with Crippen LogP contribution >= 0.6 is 0 Å². The molecule has 0 fully saturated rings. The molecular weight excluding hydrogens is 290 g/mol. The van der Waals surface area contributed by atoms with Crippen molar-refractivity contribution in [3.05, 3.63) is 46.3 Å². The third-order valence-electron chi connectivity index (χ3n) is 4.41. The van der Waals surface area contributed by atoms with Gasteiger partial charge in [-0.05, 0) is 49.4 Å². The smallest absolute Gasteiger partial charge is 0.220 e. The number of carbonyl (C=O) groups is 1. The predicted molar refractivity (Wildman–Crippen MR) is 88.5 cm³/mol. The molecule has 3 rings (SSSR count). The van der Waals surface area contributed by atoms with Crippen molar-refractivity contribution in [1.82, 2.24) is 15.5 Å². The lowest BCUT2D eigenvalue weighted by Gasteiger charge is -2.18. The average molecular weight is 313 g/mol. The van der Waals surface area contributed by atoms with Gasteiger partial charge < -0.3 is 10.1 Å². The second-order valence-electron chi connectivity index (χ2n) is 6.09. The molecule has 0 atom stereocenters. The van der Waals surface area contributed by atoms with Crippen molar-refractivity contribution >= 4 is 5.91 Å². The summed E-state index contributed by atoms with van der Waals surface area (Å²) in [4.78, 5) is 12.0. The topological polar surface area (TPSA) is 67.0 Å². The number of hydrogen-bond acceptors (Lipinski definition) is 3. The second-order valence-corrected chi connectivity index (χ2v) is 6.09. The zero-order valence-corrected chi connectivity index (χ0v) is 13.7. The minimum atomic E-state index is 0.0547. The third kappa shape index (κ3) is 3.73. The van der Waals surface area contributed by atoms with Crippen LogP contribution in [0.4, 0.5) is 0 Å². The van der Waals surface area contributed by atoms with Gasteiger partial charge in [0.2, 0.25) is 5.91 Å². The van der Waals surface area contributed by atoms with Crippen molar-refractivity contribution in [2.75, 3.05) is 6.61 Å². The van der Waals surface area contributed by atoms with Crippen LogP contribution in [0.1, 0.15) is 40.9 Å². The minimum Gasteiger partial charge on any atom is -0.493 e. The fraction of sp³-hybridized carbons (Fsp3) is 0.444. The number of aromatic nitrogens is 2. The number of aryl methyl sites for hydroxylation is 3. The van der Waals surface area contributed by atoms with Crippen LogP contribution in [-0.2, 0) is 24.2 Å². The molecule has 1 aromatic heterocycles. The Morgan fingerprint density at radius 1 is 1.39 bits per heavy atom. The molecule has 2 aromatic rings. The van der Waals surface area contributed by atoms with Crippen molar-refractivity contribution in [1.29, 1.82) is 0 Å². The number of aromatic amines is 1. The first-order valence-electron chi connectivity index (χ1n) is 8.15. The molecule has 0 spiro atoms. The largest absolute Gasteiger partial charge is 0.493 e. The molecule has 0 saturated carbocycles. The summed E-state index contributed by atoms with van der Waals surface area (Å²) in [5.41, 5.74) is 5.55. The Morgan fingerprint density at radius 2 is 2.26 bits per heavy atom. The van der Waals surface area contributed by atoms with E-state index in [1.807, 2.05) is 26.0 Å². The maximum Gasteiger partial charge on any atom is 0.220 e. The van der Waals surface area contributed by atoms with Gasteiger partial charge in [-0.2, -0.15) is 5.10 Å². The number of benzene rings is 1. The number of H-pyrrole nitrogens is 1. The fourth-order valence-electron chi connectivity index (χ4n) is 2.82. The van der Waals surface area contributed by atoms with Gasteiger partial charge in [-0.3, -0.25) is 9.89 Å². The van der Waals surface area contributed by atoms with Crippen LogP contribution in [0.15, 0.2) is 18.2 Å². The Labute approximate surface area is 136 Å². The van der Waals surface area contributed by atoms with Crippen LogP contribution < -0.4 is 10.1 Å². The van der Waals surface area contributed by atoms with E-state index in [2.05, 4.69) is 21.6 Å². The first kappa shape index (κ1) is 15.6. The van der Waals surface area contributed by atoms with Crippen molar-refractivity contribution in [2.45, 2.75) is 46.1 Å². The molecule has 0 aliphatic carbocycles. The van der Waals surface area contributed by atoms with E-state index < -0.39 is 0 Å². The number of fused-ring (bicyclic) bond motifs is 1. The molecule has 23 heavy (non-hydrogen) atoms. The number of amides is 1. The van der Waals surface area contributed by atoms with Crippen LogP contribution in [0.25, 0.3) is 0 Å². The minimum absolute atomic E-state index is 0.0547. The zero-order chi connectivity index (χ0) is 16.2. The number of nitrogens with one attached hydrogen (secondary N) is 2. The van der Waals surface area contributed by atoms with Crippen LogP contribution in [0.3, 0.4) is 0 Å². The summed E-state index contributed by atoms with van der Waals surface area (Å²) >= 11 is 0. The van der Waals surface area contributed by atoms with E-state index in [0.29, 0.717) is 19.4 Å². The lowest BCUT2D eigenvalue weighted by atomic mass is 10.0. The van der Waals surface area contributed by atoms with E-state index >= 15 is 0 Å². The normalized spacial score (nSPS) is 13.3. The fourth-order valence-corrected chi connectivity index (χ4v) is 2.82. The second kappa shape index (κ2) is 6.86. The Kier molecular flexibility index (Phi) is 4.65. The molecular formula is C18H23N3O2. The highest BCUT2D eigenvalue weighted by molar-refractivity contribution is 5.76. The molecule has 1 aliphatic rings. The van der Waals surface area contributed by atoms with Gasteiger partial charge in [-0.15, -0.1) is 0 Å². The molecule has 0 unspecified atom stereocenters. The van der Waals surface area contributed by atoms with E-state index in [0.717, 1.165) is 47.7 Å². The van der Waals surface area contributed by atoms with Crippen molar-refractivity contribution in [3.63, 3.8) is 0 Å². The maximum absolute atomic E-state index is 12.0. The number of rotatable bonds is 5. The lowest BCUT2D eigenvalue weighted by Crippen LogP contribution is -2.23. The number of ether oxygens (including phenoxy) is 1. The highest BCUT2D eigenvalue weighted by Crippen LogP contribution is 2.25. The predicted octanol–water partition coefficient (Wildman–Crippen LogP) is 2.60. The van der Waals surface area contributed by atoms with Gasteiger partial charge in [0.15, 0.2) is 0 Å². The molecule has 0 saturated heterocycles. The number of hydrogen-bond donors (Lipinski definition) is 2. The molecule has 0 radical (unpaired) electrons. The summed E-state index contributed by atoms with van der Waals surface area (Å²) in [6.45, 7) is 5.38. The van der Waals surface area contributed by atoms with E-state index in [9.17, 15) is 4.79 Å². The van der Waals surface area contributed by atoms with E-state index in [4.69, 9.17) is 4.74 Å². The van der Waals surface area contributed by atoms with Crippen molar-refractivity contribution in [2.24, 2.45) is 0 Å². The summed E-state index contributed by atoms with van der Waals surface area (Å²) in [5.74, 6) is 1.04. The van der Waals surface area contributed by atoms with Crippen molar-refractivity contribution < 1.29 is 9.53 Å². The van der Waals surface area contributed by atoms with Gasteiger partial charge in [0.25, 0.3) is 0 Å². The summed E-state index contributed by atoms with van der Waals surface area (Å²) in [7, 11) is 0. The van der Waals surface area contributed by atoms with E-state index in [1.165, 1.54) is 5.56 Å². The molecule has 1 aromatic carbocycles. The van der Waals surface area contributed by atoms with Gasteiger partial charge >= 0.3 is 0 Å². The number of carbonyl (C=O) groups excluding carboxylic acids is 1.